The van der Waals surface area contributed by atoms with E-state index in [0.29, 0.717) is 15.9 Å². The van der Waals surface area contributed by atoms with Gasteiger partial charge in [0.05, 0.1) is 11.2 Å². The average Bonchev–Trinajstić information content (AvgIpc) is 3.40. The van der Waals surface area contributed by atoms with E-state index >= 15 is 0 Å². The lowest BCUT2D eigenvalue weighted by molar-refractivity contribution is 0.721. The van der Waals surface area contributed by atoms with E-state index in [4.69, 9.17) is 28.2 Å². The van der Waals surface area contributed by atoms with Gasteiger partial charge in [-0.3, -0.25) is 10.1 Å². The summed E-state index contributed by atoms with van der Waals surface area (Å²) in [6.07, 6.45) is 3.85. The molecule has 0 bridgehead atoms. The summed E-state index contributed by atoms with van der Waals surface area (Å²) in [7, 11) is 0. The van der Waals surface area contributed by atoms with Crippen LogP contribution in [0.3, 0.4) is 0 Å². The van der Waals surface area contributed by atoms with Crippen LogP contribution < -0.4 is 5.32 Å². The van der Waals surface area contributed by atoms with Gasteiger partial charge in [0.25, 0.3) is 0 Å². The molecule has 5 rings (SSSR count). The van der Waals surface area contributed by atoms with E-state index in [0.717, 1.165) is 57.8 Å². The number of pyridine rings is 1. The van der Waals surface area contributed by atoms with Crippen LogP contribution in [0.2, 0.25) is 10.0 Å². The van der Waals surface area contributed by atoms with Crippen LogP contribution in [0.25, 0.3) is 44.8 Å². The van der Waals surface area contributed by atoms with Gasteiger partial charge in [-0.15, -0.1) is 0 Å². The molecule has 0 fully saturated rings. The van der Waals surface area contributed by atoms with Gasteiger partial charge in [-0.1, -0.05) is 36.2 Å². The highest BCUT2D eigenvalue weighted by atomic mass is 35.5. The largest absolute Gasteiger partial charge is 0.340 e. The van der Waals surface area contributed by atoms with Crippen molar-refractivity contribution in [3.63, 3.8) is 0 Å². The highest BCUT2D eigenvalue weighted by molar-refractivity contribution is 6.35. The molecule has 0 saturated heterocycles. The fourth-order valence-electron chi connectivity index (χ4n) is 4.20. The Balaban J connectivity index is 1.58. The minimum Gasteiger partial charge on any atom is -0.340 e. The van der Waals surface area contributed by atoms with Crippen LogP contribution >= 0.6 is 23.2 Å². The minimum absolute atomic E-state index is 0.571. The number of hydrogen-bond acceptors (Lipinski definition) is 4. The van der Waals surface area contributed by atoms with Crippen LogP contribution in [-0.2, 0) is 6.54 Å². The molecule has 5 aromatic rings. The molecule has 0 atom stereocenters. The van der Waals surface area contributed by atoms with Gasteiger partial charge in [-0.25, -0.2) is 4.98 Å². The number of rotatable bonds is 6. The van der Waals surface area contributed by atoms with Crippen molar-refractivity contribution in [1.82, 2.24) is 30.5 Å². The van der Waals surface area contributed by atoms with Gasteiger partial charge in [0, 0.05) is 51.2 Å². The van der Waals surface area contributed by atoms with E-state index < -0.39 is 0 Å². The molecule has 0 unspecified atom stereocenters. The van der Waals surface area contributed by atoms with Crippen molar-refractivity contribution in [2.45, 2.75) is 27.3 Å². The number of aromatic nitrogens is 5. The monoisotopic (exact) mass is 490 g/mol. The van der Waals surface area contributed by atoms with Crippen molar-refractivity contribution < 1.29 is 0 Å². The number of benzene rings is 2. The Bertz CT molecular complexity index is 1480. The van der Waals surface area contributed by atoms with Crippen LogP contribution in [0, 0.1) is 13.8 Å². The number of aromatic amines is 2. The lowest BCUT2D eigenvalue weighted by atomic mass is 9.98. The first-order valence-electron chi connectivity index (χ1n) is 11.1. The number of nitrogens with one attached hydrogen (secondary N) is 3. The van der Waals surface area contributed by atoms with E-state index in [2.05, 4.69) is 51.5 Å². The first-order chi connectivity index (χ1) is 16.4. The Morgan fingerprint density at radius 1 is 0.941 bits per heavy atom. The van der Waals surface area contributed by atoms with E-state index in [9.17, 15) is 0 Å². The van der Waals surface area contributed by atoms with Crippen LogP contribution in [0.4, 0.5) is 0 Å². The maximum atomic E-state index is 6.22. The Labute approximate surface area is 207 Å². The summed E-state index contributed by atoms with van der Waals surface area (Å²) in [5.41, 5.74) is 8.87. The maximum Gasteiger partial charge on any atom is 0.159 e. The number of H-pyrrole nitrogens is 2. The molecule has 0 radical (unpaired) electrons. The number of aryl methyl sites for hydroxylation is 1. The van der Waals surface area contributed by atoms with Gasteiger partial charge < -0.3 is 10.3 Å². The third-order valence-corrected chi connectivity index (χ3v) is 6.44. The molecule has 2 aromatic carbocycles. The van der Waals surface area contributed by atoms with E-state index in [1.54, 1.807) is 6.07 Å². The Kier molecular flexibility index (Phi) is 6.13. The van der Waals surface area contributed by atoms with Crippen molar-refractivity contribution in [1.29, 1.82) is 0 Å². The predicted molar refractivity (Wildman–Crippen MR) is 139 cm³/mol. The second-order valence-electron chi connectivity index (χ2n) is 8.30. The van der Waals surface area contributed by atoms with Gasteiger partial charge in [0.15, 0.2) is 5.82 Å². The van der Waals surface area contributed by atoms with Gasteiger partial charge in [0.2, 0.25) is 0 Å². The third kappa shape index (κ3) is 4.20. The summed E-state index contributed by atoms with van der Waals surface area (Å²) in [6.45, 7) is 7.93. The molecule has 6 nitrogen and oxygen atoms in total. The summed E-state index contributed by atoms with van der Waals surface area (Å²) >= 11 is 12.4. The van der Waals surface area contributed by atoms with Crippen LogP contribution in [0.15, 0.2) is 48.8 Å². The predicted octanol–water partition coefficient (Wildman–Crippen LogP) is 6.72. The number of imidazole rings is 1. The SMILES string of the molecule is CCNCc1cncc(-c2ccc3[nH]nc(-c4nc(-c5cc(Cl)cc(Cl)c5)c(C)[nH]4)c3c2)c1C. The normalized spacial score (nSPS) is 11.4. The molecular formula is C26H24Cl2N6. The van der Waals surface area contributed by atoms with Crippen LogP contribution in [-0.4, -0.2) is 31.7 Å². The van der Waals surface area contributed by atoms with Gasteiger partial charge >= 0.3 is 0 Å². The summed E-state index contributed by atoms with van der Waals surface area (Å²) in [6, 6.07) is 11.7. The first kappa shape index (κ1) is 22.6. The molecule has 34 heavy (non-hydrogen) atoms. The topological polar surface area (TPSA) is 82.3 Å². The molecule has 0 aliphatic heterocycles. The molecule has 8 heteroatoms. The van der Waals surface area contributed by atoms with Crippen molar-refractivity contribution in [2.75, 3.05) is 6.54 Å². The molecular weight excluding hydrogens is 467 g/mol. The van der Waals surface area contributed by atoms with Crippen LogP contribution in [0.1, 0.15) is 23.7 Å². The zero-order chi connectivity index (χ0) is 23.8. The Hall–Kier alpha value is -3.19. The lowest BCUT2D eigenvalue weighted by Gasteiger charge is -2.11. The van der Waals surface area contributed by atoms with E-state index in [-0.39, 0.29) is 0 Å². The maximum absolute atomic E-state index is 6.22. The number of halogens is 2. The lowest BCUT2D eigenvalue weighted by Crippen LogP contribution is -2.13. The summed E-state index contributed by atoms with van der Waals surface area (Å²) in [5, 5.41) is 13.2. The highest BCUT2D eigenvalue weighted by Crippen LogP contribution is 2.34. The van der Waals surface area contributed by atoms with Gasteiger partial charge in [0.1, 0.15) is 5.69 Å². The molecule has 3 heterocycles. The second-order valence-corrected chi connectivity index (χ2v) is 9.17. The second kappa shape index (κ2) is 9.22. The molecule has 0 aliphatic rings. The fraction of sp³-hybridized carbons (Fsp3) is 0.192. The zero-order valence-corrected chi connectivity index (χ0v) is 20.6. The highest BCUT2D eigenvalue weighted by Gasteiger charge is 2.17. The van der Waals surface area contributed by atoms with Crippen molar-refractivity contribution in [3.8, 4) is 33.9 Å². The zero-order valence-electron chi connectivity index (χ0n) is 19.1. The molecule has 0 aliphatic carbocycles. The standard InChI is InChI=1S/C26H24Cl2N6/c1-4-29-11-18-12-30-13-22(14(18)2)16-5-6-23-21(9-16)25(34-33-23)26-31-15(3)24(32-26)17-7-19(27)10-20(28)8-17/h5-10,12-13,29H,4,11H2,1-3H3,(H,31,32)(H,33,34). The number of hydrogen-bond donors (Lipinski definition) is 3. The molecule has 3 N–H and O–H groups in total. The molecule has 3 aromatic heterocycles. The minimum atomic E-state index is 0.571. The third-order valence-electron chi connectivity index (χ3n) is 6.00. The average molecular weight is 491 g/mol. The molecule has 0 amide bonds. The Morgan fingerprint density at radius 3 is 2.50 bits per heavy atom. The summed E-state index contributed by atoms with van der Waals surface area (Å²) in [4.78, 5) is 12.7. The summed E-state index contributed by atoms with van der Waals surface area (Å²) in [5.74, 6) is 0.683. The van der Waals surface area contributed by atoms with Gasteiger partial charge in [-0.2, -0.15) is 5.10 Å². The fourth-order valence-corrected chi connectivity index (χ4v) is 4.73. The van der Waals surface area contributed by atoms with Crippen molar-refractivity contribution in [3.05, 3.63) is 75.7 Å². The molecule has 0 saturated carbocycles. The quantitative estimate of drug-likeness (QED) is 0.246. The molecule has 172 valence electrons. The Morgan fingerprint density at radius 2 is 1.74 bits per heavy atom. The van der Waals surface area contributed by atoms with E-state index in [1.165, 1.54) is 11.1 Å². The van der Waals surface area contributed by atoms with E-state index in [1.807, 2.05) is 37.5 Å². The van der Waals surface area contributed by atoms with Crippen LogP contribution in [0.5, 0.6) is 0 Å². The molecule has 0 spiro atoms. The summed E-state index contributed by atoms with van der Waals surface area (Å²) < 4.78 is 0. The van der Waals surface area contributed by atoms with Crippen molar-refractivity contribution in [2.24, 2.45) is 0 Å². The number of fused-ring (bicyclic) bond motifs is 1. The number of nitrogens with zero attached hydrogens (tertiary/aromatic N) is 3. The first-order valence-corrected chi connectivity index (χ1v) is 11.9. The smallest absolute Gasteiger partial charge is 0.159 e. The van der Waals surface area contributed by atoms with Crippen molar-refractivity contribution >= 4 is 34.1 Å². The van der Waals surface area contributed by atoms with Gasteiger partial charge in [-0.05, 0) is 67.4 Å².